The molecule has 1 rings (SSSR count). The van der Waals surface area contributed by atoms with Gasteiger partial charge in [-0.25, -0.2) is 9.97 Å². The van der Waals surface area contributed by atoms with E-state index < -0.39 is 18.4 Å². The third kappa shape index (κ3) is 4.55. The molecule has 1 aromatic rings. The summed E-state index contributed by atoms with van der Waals surface area (Å²) in [7, 11) is 0. The summed E-state index contributed by atoms with van der Waals surface area (Å²) in [5.41, 5.74) is 0. The van der Waals surface area contributed by atoms with E-state index in [9.17, 15) is 9.59 Å². The Balaban J connectivity index is 2.26. The molecule has 0 saturated carbocycles. The van der Waals surface area contributed by atoms with E-state index >= 15 is 0 Å². The number of aromatic nitrogens is 2. The highest BCUT2D eigenvalue weighted by molar-refractivity contribution is 5.83. The minimum atomic E-state index is -1.08. The van der Waals surface area contributed by atoms with E-state index in [2.05, 4.69) is 20.6 Å². The molecule has 0 bridgehead atoms. The van der Waals surface area contributed by atoms with Crippen molar-refractivity contribution in [3.05, 3.63) is 18.5 Å². The van der Waals surface area contributed by atoms with Crippen LogP contribution in [0.4, 0.5) is 5.95 Å². The van der Waals surface area contributed by atoms with Crippen molar-refractivity contribution in [1.82, 2.24) is 15.3 Å². The van der Waals surface area contributed by atoms with Crippen LogP contribution < -0.4 is 10.6 Å². The van der Waals surface area contributed by atoms with Gasteiger partial charge in [-0.3, -0.25) is 9.59 Å². The van der Waals surface area contributed by atoms with Crippen LogP contribution in [0.1, 0.15) is 0 Å². The number of nitrogens with zero attached hydrogens (tertiary/aromatic N) is 2. The Labute approximate surface area is 85.5 Å². The molecule has 0 aromatic carbocycles. The number of nitrogens with one attached hydrogen (secondary N) is 2. The second-order valence-electron chi connectivity index (χ2n) is 2.60. The van der Waals surface area contributed by atoms with Gasteiger partial charge in [0, 0.05) is 12.4 Å². The number of carboxylic acid groups (broad SMARTS) is 1. The Morgan fingerprint density at radius 1 is 1.27 bits per heavy atom. The number of carboxylic acids is 1. The van der Waals surface area contributed by atoms with Crippen molar-refractivity contribution >= 4 is 17.8 Å². The summed E-state index contributed by atoms with van der Waals surface area (Å²) in [5, 5.41) is 13.1. The molecular weight excluding hydrogens is 200 g/mol. The summed E-state index contributed by atoms with van der Waals surface area (Å²) in [6.07, 6.45) is 3.06. The third-order valence-electron chi connectivity index (χ3n) is 1.41. The molecule has 0 unspecified atom stereocenters. The monoisotopic (exact) mass is 210 g/mol. The Morgan fingerprint density at radius 2 is 1.93 bits per heavy atom. The number of aliphatic carboxylic acids is 1. The molecule has 1 heterocycles. The first-order chi connectivity index (χ1) is 7.18. The molecular formula is C8H10N4O3. The van der Waals surface area contributed by atoms with Gasteiger partial charge < -0.3 is 15.7 Å². The van der Waals surface area contributed by atoms with Crippen LogP contribution in [0.25, 0.3) is 0 Å². The van der Waals surface area contributed by atoms with Gasteiger partial charge in [-0.1, -0.05) is 0 Å². The van der Waals surface area contributed by atoms with Crippen molar-refractivity contribution in [2.45, 2.75) is 0 Å². The van der Waals surface area contributed by atoms with Gasteiger partial charge in [-0.15, -0.1) is 0 Å². The van der Waals surface area contributed by atoms with Gasteiger partial charge >= 0.3 is 5.97 Å². The lowest BCUT2D eigenvalue weighted by Gasteiger charge is -2.03. The maximum Gasteiger partial charge on any atom is 0.322 e. The first-order valence-electron chi connectivity index (χ1n) is 4.18. The minimum absolute atomic E-state index is 0.0582. The van der Waals surface area contributed by atoms with E-state index in [1.807, 2.05) is 0 Å². The summed E-state index contributed by atoms with van der Waals surface area (Å²) in [5.74, 6) is -1.19. The maximum atomic E-state index is 11.0. The normalized spacial score (nSPS) is 9.33. The molecule has 80 valence electrons. The third-order valence-corrected chi connectivity index (χ3v) is 1.41. The summed E-state index contributed by atoms with van der Waals surface area (Å²) >= 11 is 0. The number of carbonyl (C=O) groups is 2. The Kier molecular flexibility index (Phi) is 4.02. The van der Waals surface area contributed by atoms with Crippen LogP contribution in [0.15, 0.2) is 18.5 Å². The van der Waals surface area contributed by atoms with Crippen LogP contribution in [-0.4, -0.2) is 40.0 Å². The average Bonchev–Trinajstić information content (AvgIpc) is 2.25. The zero-order chi connectivity index (χ0) is 11.1. The van der Waals surface area contributed by atoms with Gasteiger partial charge in [0.1, 0.15) is 6.54 Å². The summed E-state index contributed by atoms with van der Waals surface area (Å²) in [6, 6.07) is 1.65. The number of rotatable bonds is 5. The van der Waals surface area contributed by atoms with E-state index in [4.69, 9.17) is 5.11 Å². The lowest BCUT2D eigenvalue weighted by atomic mass is 10.5. The highest BCUT2D eigenvalue weighted by atomic mass is 16.4. The summed E-state index contributed by atoms with van der Waals surface area (Å²) in [4.78, 5) is 28.8. The molecule has 15 heavy (non-hydrogen) atoms. The van der Waals surface area contributed by atoms with Crippen LogP contribution >= 0.6 is 0 Å². The second kappa shape index (κ2) is 5.53. The van der Waals surface area contributed by atoms with E-state index in [1.54, 1.807) is 6.07 Å². The maximum absolute atomic E-state index is 11.0. The zero-order valence-electron chi connectivity index (χ0n) is 7.80. The molecule has 0 spiro atoms. The lowest BCUT2D eigenvalue weighted by molar-refractivity contribution is -0.137. The van der Waals surface area contributed by atoms with Crippen LogP contribution in [0.2, 0.25) is 0 Å². The second-order valence-corrected chi connectivity index (χ2v) is 2.60. The van der Waals surface area contributed by atoms with E-state index in [0.717, 1.165) is 0 Å². The summed E-state index contributed by atoms with van der Waals surface area (Å²) in [6.45, 7) is -0.451. The van der Waals surface area contributed by atoms with Crippen LogP contribution in [0.3, 0.4) is 0 Å². The minimum Gasteiger partial charge on any atom is -0.480 e. The number of hydrogen-bond acceptors (Lipinski definition) is 5. The molecule has 0 atom stereocenters. The van der Waals surface area contributed by atoms with Crippen LogP contribution in [0.5, 0.6) is 0 Å². The topological polar surface area (TPSA) is 104 Å². The Hall–Kier alpha value is -2.18. The van der Waals surface area contributed by atoms with Gasteiger partial charge in [-0.2, -0.15) is 0 Å². The number of hydrogen-bond donors (Lipinski definition) is 3. The van der Waals surface area contributed by atoms with E-state index in [1.165, 1.54) is 12.4 Å². The van der Waals surface area contributed by atoms with Crippen molar-refractivity contribution in [3.63, 3.8) is 0 Å². The molecule has 1 amide bonds. The molecule has 0 radical (unpaired) electrons. The molecule has 0 aliphatic rings. The average molecular weight is 210 g/mol. The number of anilines is 1. The fraction of sp³-hybridized carbons (Fsp3) is 0.250. The quantitative estimate of drug-likeness (QED) is 0.581. The summed E-state index contributed by atoms with van der Waals surface area (Å²) < 4.78 is 0. The fourth-order valence-electron chi connectivity index (χ4n) is 0.786. The Bertz CT molecular complexity index is 341. The smallest absolute Gasteiger partial charge is 0.322 e. The van der Waals surface area contributed by atoms with Gasteiger partial charge in [0.2, 0.25) is 11.9 Å². The SMILES string of the molecule is O=C(O)CNC(=O)CNc1ncccn1. The standard InChI is InChI=1S/C8H10N4O3/c13-6(11-5-7(14)15)4-12-8-9-2-1-3-10-8/h1-3H,4-5H2,(H,11,13)(H,14,15)(H,9,10,12). The highest BCUT2D eigenvalue weighted by Gasteiger charge is 2.03. The van der Waals surface area contributed by atoms with Gasteiger partial charge in [0.25, 0.3) is 0 Å². The molecule has 0 aliphatic heterocycles. The van der Waals surface area contributed by atoms with Crippen LogP contribution in [-0.2, 0) is 9.59 Å². The fourth-order valence-corrected chi connectivity index (χ4v) is 0.786. The molecule has 7 nitrogen and oxygen atoms in total. The Morgan fingerprint density at radius 3 is 2.53 bits per heavy atom. The molecule has 1 aromatic heterocycles. The largest absolute Gasteiger partial charge is 0.480 e. The van der Waals surface area contributed by atoms with E-state index in [0.29, 0.717) is 5.95 Å². The zero-order valence-corrected chi connectivity index (χ0v) is 7.80. The van der Waals surface area contributed by atoms with Crippen LogP contribution in [0, 0.1) is 0 Å². The first-order valence-corrected chi connectivity index (χ1v) is 4.18. The van der Waals surface area contributed by atoms with Gasteiger partial charge in [0.05, 0.1) is 6.54 Å². The molecule has 0 aliphatic carbocycles. The number of amides is 1. The lowest BCUT2D eigenvalue weighted by Crippen LogP contribution is -2.34. The van der Waals surface area contributed by atoms with Crippen molar-refractivity contribution in [1.29, 1.82) is 0 Å². The van der Waals surface area contributed by atoms with E-state index in [-0.39, 0.29) is 6.54 Å². The number of carbonyl (C=O) groups excluding carboxylic acids is 1. The molecule has 0 saturated heterocycles. The highest BCUT2D eigenvalue weighted by Crippen LogP contribution is 1.91. The van der Waals surface area contributed by atoms with Crippen molar-refractivity contribution in [3.8, 4) is 0 Å². The predicted octanol–water partition coefficient (Wildman–Crippen LogP) is -0.911. The van der Waals surface area contributed by atoms with Gasteiger partial charge in [-0.05, 0) is 6.07 Å². The predicted molar refractivity (Wildman–Crippen MR) is 51.2 cm³/mol. The van der Waals surface area contributed by atoms with Crippen molar-refractivity contribution < 1.29 is 14.7 Å². The molecule has 0 fully saturated rings. The van der Waals surface area contributed by atoms with Gasteiger partial charge in [0.15, 0.2) is 0 Å². The first kappa shape index (κ1) is 10.9. The van der Waals surface area contributed by atoms with Crippen molar-refractivity contribution in [2.75, 3.05) is 18.4 Å². The molecule has 3 N–H and O–H groups in total. The van der Waals surface area contributed by atoms with Crippen molar-refractivity contribution in [2.24, 2.45) is 0 Å². The molecule has 7 heteroatoms.